The van der Waals surface area contributed by atoms with Gasteiger partial charge in [-0.3, -0.25) is 9.59 Å². The van der Waals surface area contributed by atoms with Crippen LogP contribution in [0.1, 0.15) is 36.3 Å². The van der Waals surface area contributed by atoms with Gasteiger partial charge in [0.05, 0.1) is 0 Å². The van der Waals surface area contributed by atoms with Gasteiger partial charge in [0, 0.05) is 17.1 Å². The summed E-state index contributed by atoms with van der Waals surface area (Å²) in [6, 6.07) is 1.45. The van der Waals surface area contributed by atoms with Crippen molar-refractivity contribution in [2.45, 2.75) is 38.8 Å². The number of nitrogens with one attached hydrogen (secondary N) is 2. The van der Waals surface area contributed by atoms with Gasteiger partial charge in [0.15, 0.2) is 11.2 Å². The van der Waals surface area contributed by atoms with Crippen molar-refractivity contribution < 1.29 is 23.5 Å². The molecule has 26 heavy (non-hydrogen) atoms. The number of hydrogen-bond acceptors (Lipinski definition) is 5. The predicted octanol–water partition coefficient (Wildman–Crippen LogP) is 2.69. The van der Waals surface area contributed by atoms with Crippen molar-refractivity contribution in [2.24, 2.45) is 0 Å². The number of thiazole rings is 1. The standard InChI is InChI=1S/C17H19F2N3O3S/c1-3-4-13(15(24)22-17-20-8-9(2)26-17)21-16(25)14(23)10-5-11(18)7-12(19)6-10/h5-8,13-14,23H,3-4H2,1-2H3,(H,21,25)(H,20,22,24)/t13-,14-/m0/s1. The van der Waals surface area contributed by atoms with Gasteiger partial charge in [0.2, 0.25) is 5.91 Å². The van der Waals surface area contributed by atoms with E-state index in [4.69, 9.17) is 0 Å². The molecule has 1 aromatic carbocycles. The number of aliphatic hydroxyl groups is 1. The molecule has 0 saturated carbocycles. The van der Waals surface area contributed by atoms with Crippen molar-refractivity contribution in [1.82, 2.24) is 10.3 Å². The predicted molar refractivity (Wildman–Crippen MR) is 93.6 cm³/mol. The largest absolute Gasteiger partial charge is 0.378 e. The SMILES string of the molecule is CCC[C@H](NC(=O)[C@@H](O)c1cc(F)cc(F)c1)C(=O)Nc1ncc(C)s1. The number of carbonyl (C=O) groups excluding carboxylic acids is 2. The van der Waals surface area contributed by atoms with Crippen LogP contribution in [0.4, 0.5) is 13.9 Å². The number of halogens is 2. The van der Waals surface area contributed by atoms with E-state index in [-0.39, 0.29) is 5.56 Å². The molecule has 0 aliphatic rings. The Morgan fingerprint density at radius 1 is 1.23 bits per heavy atom. The van der Waals surface area contributed by atoms with E-state index < -0.39 is 35.6 Å². The lowest BCUT2D eigenvalue weighted by Crippen LogP contribution is -2.45. The first-order chi connectivity index (χ1) is 12.3. The number of hydrogen-bond donors (Lipinski definition) is 3. The van der Waals surface area contributed by atoms with Gasteiger partial charge >= 0.3 is 0 Å². The van der Waals surface area contributed by atoms with Gasteiger partial charge in [-0.1, -0.05) is 13.3 Å². The molecule has 0 fully saturated rings. The van der Waals surface area contributed by atoms with Crippen molar-refractivity contribution >= 4 is 28.3 Å². The molecule has 2 rings (SSSR count). The maximum atomic E-state index is 13.3. The quantitative estimate of drug-likeness (QED) is 0.686. The van der Waals surface area contributed by atoms with E-state index >= 15 is 0 Å². The summed E-state index contributed by atoms with van der Waals surface area (Å²) in [6.45, 7) is 3.67. The molecule has 0 aliphatic carbocycles. The van der Waals surface area contributed by atoms with Crippen LogP contribution >= 0.6 is 11.3 Å². The molecule has 140 valence electrons. The first-order valence-corrected chi connectivity index (χ1v) is 8.79. The zero-order valence-corrected chi connectivity index (χ0v) is 15.1. The van der Waals surface area contributed by atoms with Crippen molar-refractivity contribution in [3.05, 3.63) is 46.5 Å². The van der Waals surface area contributed by atoms with E-state index in [2.05, 4.69) is 15.6 Å². The normalized spacial score (nSPS) is 13.1. The summed E-state index contributed by atoms with van der Waals surface area (Å²) in [6.07, 6.45) is 0.733. The summed E-state index contributed by atoms with van der Waals surface area (Å²) in [5.74, 6) is -3.21. The average Bonchev–Trinajstić information content (AvgIpc) is 2.97. The monoisotopic (exact) mass is 383 g/mol. The minimum atomic E-state index is -1.80. The Morgan fingerprint density at radius 3 is 2.42 bits per heavy atom. The number of nitrogens with zero attached hydrogens (tertiary/aromatic N) is 1. The van der Waals surface area contributed by atoms with E-state index in [9.17, 15) is 23.5 Å². The maximum Gasteiger partial charge on any atom is 0.254 e. The Labute approximate surface area is 153 Å². The van der Waals surface area contributed by atoms with Gasteiger partial charge in [-0.15, -0.1) is 11.3 Å². The first-order valence-electron chi connectivity index (χ1n) is 7.98. The first kappa shape index (κ1) is 19.9. The Morgan fingerprint density at radius 2 is 1.88 bits per heavy atom. The lowest BCUT2D eigenvalue weighted by atomic mass is 10.1. The number of rotatable bonds is 7. The molecule has 0 aliphatic heterocycles. The van der Waals surface area contributed by atoms with Crippen molar-refractivity contribution in [3.8, 4) is 0 Å². The van der Waals surface area contributed by atoms with Crippen LogP contribution in [0.25, 0.3) is 0 Å². The highest BCUT2D eigenvalue weighted by atomic mass is 32.1. The van der Waals surface area contributed by atoms with E-state index in [1.54, 1.807) is 6.20 Å². The van der Waals surface area contributed by atoms with Crippen LogP contribution in [0.15, 0.2) is 24.4 Å². The van der Waals surface area contributed by atoms with Crippen molar-refractivity contribution in [3.63, 3.8) is 0 Å². The van der Waals surface area contributed by atoms with Gasteiger partial charge in [-0.05, 0) is 31.0 Å². The maximum absolute atomic E-state index is 13.3. The molecule has 2 amide bonds. The van der Waals surface area contributed by atoms with Crippen molar-refractivity contribution in [1.29, 1.82) is 0 Å². The summed E-state index contributed by atoms with van der Waals surface area (Å²) < 4.78 is 26.5. The van der Waals surface area contributed by atoms with Crippen LogP contribution < -0.4 is 10.6 Å². The highest BCUT2D eigenvalue weighted by Crippen LogP contribution is 2.19. The third-order valence-corrected chi connectivity index (χ3v) is 4.34. The van der Waals surface area contributed by atoms with Gasteiger partial charge in [-0.25, -0.2) is 13.8 Å². The van der Waals surface area contributed by atoms with Gasteiger partial charge in [0.1, 0.15) is 17.7 Å². The molecule has 1 heterocycles. The molecule has 0 spiro atoms. The smallest absolute Gasteiger partial charge is 0.254 e. The Kier molecular flexibility index (Phi) is 6.76. The summed E-state index contributed by atoms with van der Waals surface area (Å²) in [5, 5.41) is 15.5. The third-order valence-electron chi connectivity index (χ3n) is 3.51. The second-order valence-corrected chi connectivity index (χ2v) is 6.96. The fraction of sp³-hybridized carbons (Fsp3) is 0.353. The summed E-state index contributed by atoms with van der Waals surface area (Å²) in [4.78, 5) is 29.5. The van der Waals surface area contributed by atoms with Crippen LogP contribution in [0, 0.1) is 18.6 Å². The zero-order valence-electron chi connectivity index (χ0n) is 14.3. The Balaban J connectivity index is 2.07. The summed E-state index contributed by atoms with van der Waals surface area (Å²) in [5.41, 5.74) is -0.230. The molecule has 0 saturated heterocycles. The van der Waals surface area contributed by atoms with Gasteiger partial charge < -0.3 is 15.7 Å². The second kappa shape index (κ2) is 8.81. The number of aliphatic hydroxyl groups excluding tert-OH is 1. The van der Waals surface area contributed by atoms with Crippen LogP contribution in [-0.4, -0.2) is 27.9 Å². The molecule has 3 N–H and O–H groups in total. The molecular weight excluding hydrogens is 364 g/mol. The van der Waals surface area contributed by atoms with Crippen LogP contribution in [0.2, 0.25) is 0 Å². The minimum Gasteiger partial charge on any atom is -0.378 e. The molecule has 0 bridgehead atoms. The van der Waals surface area contributed by atoms with E-state index in [0.717, 1.165) is 17.0 Å². The highest BCUT2D eigenvalue weighted by Gasteiger charge is 2.26. The van der Waals surface area contributed by atoms with E-state index in [1.807, 2.05) is 13.8 Å². The lowest BCUT2D eigenvalue weighted by Gasteiger charge is -2.19. The molecule has 6 nitrogen and oxygen atoms in total. The van der Waals surface area contributed by atoms with Gasteiger partial charge in [0.25, 0.3) is 5.91 Å². The van der Waals surface area contributed by atoms with Crippen LogP contribution in [0.5, 0.6) is 0 Å². The third kappa shape index (κ3) is 5.30. The fourth-order valence-corrected chi connectivity index (χ4v) is 2.96. The van der Waals surface area contributed by atoms with Crippen molar-refractivity contribution in [2.75, 3.05) is 5.32 Å². The highest BCUT2D eigenvalue weighted by molar-refractivity contribution is 7.15. The van der Waals surface area contributed by atoms with E-state index in [0.29, 0.717) is 24.0 Å². The number of benzene rings is 1. The zero-order chi connectivity index (χ0) is 19.3. The molecule has 0 unspecified atom stereocenters. The molecule has 0 radical (unpaired) electrons. The minimum absolute atomic E-state index is 0.230. The Bertz CT molecular complexity index is 777. The number of aryl methyl sites for hydroxylation is 1. The number of amides is 2. The number of anilines is 1. The molecule has 1 aromatic heterocycles. The Hall–Kier alpha value is -2.39. The van der Waals surface area contributed by atoms with Gasteiger partial charge in [-0.2, -0.15) is 0 Å². The fourth-order valence-electron chi connectivity index (χ4n) is 2.30. The second-order valence-electron chi connectivity index (χ2n) is 5.72. The average molecular weight is 383 g/mol. The molecule has 9 heteroatoms. The van der Waals surface area contributed by atoms with Crippen LogP contribution in [0.3, 0.4) is 0 Å². The topological polar surface area (TPSA) is 91.3 Å². The van der Waals surface area contributed by atoms with E-state index in [1.165, 1.54) is 11.3 Å². The summed E-state index contributed by atoms with van der Waals surface area (Å²) >= 11 is 1.29. The molecule has 2 aromatic rings. The number of carbonyl (C=O) groups is 2. The number of aromatic nitrogens is 1. The summed E-state index contributed by atoms with van der Waals surface area (Å²) in [7, 11) is 0. The lowest BCUT2D eigenvalue weighted by molar-refractivity contribution is -0.133. The molecule has 2 atom stereocenters. The van der Waals surface area contributed by atoms with Crippen LogP contribution in [-0.2, 0) is 9.59 Å². The molecular formula is C17H19F2N3O3S.